The zero-order valence-corrected chi connectivity index (χ0v) is 23.0. The van der Waals surface area contributed by atoms with E-state index in [0.29, 0.717) is 18.4 Å². The van der Waals surface area contributed by atoms with Crippen molar-refractivity contribution in [2.24, 2.45) is 17.8 Å². The second-order valence-electron chi connectivity index (χ2n) is 11.8. The van der Waals surface area contributed by atoms with Gasteiger partial charge in [0.15, 0.2) is 23.5 Å². The SMILES string of the molecule is CO[C@@]1(C)O[C@]2(C)CO[C@H](c3ccccc3)O[C@@]2(C)[C@](C)(O)[C@]1(C)O[C@]1(C)OC[C@H](C)[C@H](C)[C@H]1C. The summed E-state index contributed by atoms with van der Waals surface area (Å²) >= 11 is 0. The summed E-state index contributed by atoms with van der Waals surface area (Å²) in [6.07, 6.45) is -0.665. The minimum absolute atomic E-state index is 0.0637. The molecule has 3 aliphatic rings. The van der Waals surface area contributed by atoms with Crippen LogP contribution < -0.4 is 0 Å². The summed E-state index contributed by atoms with van der Waals surface area (Å²) in [5.74, 6) is -1.48. The summed E-state index contributed by atoms with van der Waals surface area (Å²) < 4.78 is 38.7. The van der Waals surface area contributed by atoms with Gasteiger partial charge in [0, 0.05) is 18.6 Å². The number of methoxy groups -OCH3 is 1. The van der Waals surface area contributed by atoms with E-state index >= 15 is 0 Å². The predicted molar refractivity (Wildman–Crippen MR) is 131 cm³/mol. The van der Waals surface area contributed by atoms with E-state index in [1.165, 1.54) is 0 Å². The molecule has 0 amide bonds. The van der Waals surface area contributed by atoms with Gasteiger partial charge in [-0.2, -0.15) is 0 Å². The third-order valence-electron chi connectivity index (χ3n) is 10.0. The van der Waals surface area contributed by atoms with Crippen molar-refractivity contribution in [1.29, 1.82) is 0 Å². The van der Waals surface area contributed by atoms with Crippen LogP contribution in [0.1, 0.15) is 74.2 Å². The van der Waals surface area contributed by atoms with Crippen LogP contribution in [0.25, 0.3) is 0 Å². The van der Waals surface area contributed by atoms with Crippen molar-refractivity contribution >= 4 is 0 Å². The van der Waals surface area contributed by atoms with E-state index in [1.54, 1.807) is 21.0 Å². The number of ether oxygens (including phenoxy) is 6. The van der Waals surface area contributed by atoms with Gasteiger partial charge in [-0.15, -0.1) is 0 Å². The van der Waals surface area contributed by atoms with Crippen LogP contribution in [0.5, 0.6) is 0 Å². The number of benzene rings is 1. The highest BCUT2D eigenvalue weighted by molar-refractivity contribution is 5.26. The fourth-order valence-corrected chi connectivity index (χ4v) is 6.21. The standard InChI is InChI=1S/C28H44O7/c1-18-16-32-24(5,20(3)19(18)2)35-27(8)25(6,29)26(7)23(4,34-28(27,9)30-10)17-31-22(33-26)21-14-12-11-13-15-21/h11-15,18-20,22,29H,16-17H2,1-10H3/t18-,19-,20+,22-,23+,24-,25-,26+,27-,28-/m0/s1. The largest absolute Gasteiger partial charge is 0.384 e. The highest BCUT2D eigenvalue weighted by Gasteiger charge is 2.79. The van der Waals surface area contributed by atoms with Crippen molar-refractivity contribution in [3.05, 3.63) is 35.9 Å². The van der Waals surface area contributed by atoms with E-state index in [9.17, 15) is 5.11 Å². The number of rotatable bonds is 4. The molecule has 1 aromatic rings. The molecule has 0 saturated carbocycles. The molecule has 3 fully saturated rings. The molecule has 35 heavy (non-hydrogen) atoms. The summed E-state index contributed by atoms with van der Waals surface area (Å²) in [4.78, 5) is 0. The second kappa shape index (κ2) is 8.48. The van der Waals surface area contributed by atoms with Crippen molar-refractivity contribution in [3.8, 4) is 0 Å². The Labute approximate surface area is 210 Å². The van der Waals surface area contributed by atoms with Crippen LogP contribution >= 0.6 is 0 Å². The summed E-state index contributed by atoms with van der Waals surface area (Å²) in [6, 6.07) is 9.72. The van der Waals surface area contributed by atoms with Crippen LogP contribution in [-0.2, 0) is 28.4 Å². The molecule has 3 aliphatic heterocycles. The Morgan fingerprint density at radius 1 is 0.971 bits per heavy atom. The Hall–Kier alpha value is -1.06. The topological polar surface area (TPSA) is 75.6 Å². The summed E-state index contributed by atoms with van der Waals surface area (Å²) in [5, 5.41) is 12.6. The van der Waals surface area contributed by atoms with Gasteiger partial charge in [-0.05, 0) is 53.4 Å². The molecule has 1 N–H and O–H groups in total. The van der Waals surface area contributed by atoms with Crippen molar-refractivity contribution < 1.29 is 33.5 Å². The van der Waals surface area contributed by atoms with Gasteiger partial charge in [-0.25, -0.2) is 0 Å². The normalized spacial score (nSPS) is 52.7. The van der Waals surface area contributed by atoms with Gasteiger partial charge in [0.25, 0.3) is 0 Å². The first kappa shape index (κ1) is 27.0. The van der Waals surface area contributed by atoms with E-state index < -0.39 is 40.3 Å². The lowest BCUT2D eigenvalue weighted by Crippen LogP contribution is -2.87. The third kappa shape index (κ3) is 3.65. The molecule has 0 aromatic heterocycles. The van der Waals surface area contributed by atoms with Crippen LogP contribution in [0, 0.1) is 17.8 Å². The molecule has 0 radical (unpaired) electrons. The van der Waals surface area contributed by atoms with Crippen LogP contribution in [-0.4, -0.2) is 59.4 Å². The Kier molecular flexibility index (Phi) is 6.54. The van der Waals surface area contributed by atoms with Crippen molar-refractivity contribution in [2.45, 2.75) is 103 Å². The maximum atomic E-state index is 12.6. The van der Waals surface area contributed by atoms with Crippen molar-refractivity contribution in [1.82, 2.24) is 0 Å². The first-order chi connectivity index (χ1) is 16.1. The Bertz CT molecular complexity index is 923. The van der Waals surface area contributed by atoms with E-state index in [-0.39, 0.29) is 12.5 Å². The molecule has 3 heterocycles. The van der Waals surface area contributed by atoms with Gasteiger partial charge in [-0.3, -0.25) is 0 Å². The summed E-state index contributed by atoms with van der Waals surface area (Å²) in [7, 11) is 1.57. The molecular formula is C28H44O7. The van der Waals surface area contributed by atoms with Crippen molar-refractivity contribution in [2.75, 3.05) is 20.3 Å². The first-order valence-electron chi connectivity index (χ1n) is 12.8. The van der Waals surface area contributed by atoms with Crippen LogP contribution in [0.3, 0.4) is 0 Å². The zero-order chi connectivity index (χ0) is 26.1. The first-order valence-corrected chi connectivity index (χ1v) is 12.8. The molecule has 0 bridgehead atoms. The Balaban J connectivity index is 1.79. The lowest BCUT2D eigenvalue weighted by Gasteiger charge is -2.70. The minimum Gasteiger partial charge on any atom is -0.384 e. The van der Waals surface area contributed by atoms with E-state index in [4.69, 9.17) is 28.4 Å². The molecule has 0 spiro atoms. The monoisotopic (exact) mass is 492 g/mol. The Morgan fingerprint density at radius 2 is 1.60 bits per heavy atom. The quantitative estimate of drug-likeness (QED) is 0.646. The zero-order valence-electron chi connectivity index (χ0n) is 23.0. The summed E-state index contributed by atoms with van der Waals surface area (Å²) in [5.41, 5.74) is -4.36. The summed E-state index contributed by atoms with van der Waals surface area (Å²) in [6.45, 7) is 18.4. The number of hydrogen-bond acceptors (Lipinski definition) is 7. The fourth-order valence-electron chi connectivity index (χ4n) is 6.21. The minimum atomic E-state index is -1.59. The molecule has 4 rings (SSSR count). The van der Waals surface area contributed by atoms with E-state index in [0.717, 1.165) is 5.56 Å². The molecule has 3 saturated heterocycles. The highest BCUT2D eigenvalue weighted by Crippen LogP contribution is 2.61. The second-order valence-corrected chi connectivity index (χ2v) is 11.8. The van der Waals surface area contributed by atoms with Crippen LogP contribution in [0.2, 0.25) is 0 Å². The average molecular weight is 493 g/mol. The fraction of sp³-hybridized carbons (Fsp3) is 0.786. The molecule has 0 aliphatic carbocycles. The van der Waals surface area contributed by atoms with Gasteiger partial charge < -0.3 is 33.5 Å². The molecule has 10 atom stereocenters. The lowest BCUT2D eigenvalue weighted by molar-refractivity contribution is -0.516. The molecule has 7 heteroatoms. The number of fused-ring (bicyclic) bond motifs is 1. The average Bonchev–Trinajstić information content (AvgIpc) is 2.82. The smallest absolute Gasteiger partial charge is 0.198 e. The van der Waals surface area contributed by atoms with E-state index in [2.05, 4.69) is 20.8 Å². The highest BCUT2D eigenvalue weighted by atomic mass is 16.8. The van der Waals surface area contributed by atoms with Crippen molar-refractivity contribution in [3.63, 3.8) is 0 Å². The lowest BCUT2D eigenvalue weighted by atomic mass is 9.60. The van der Waals surface area contributed by atoms with Gasteiger partial charge in [0.05, 0.1) is 13.2 Å². The van der Waals surface area contributed by atoms with E-state index in [1.807, 2.05) is 58.0 Å². The maximum absolute atomic E-state index is 12.6. The van der Waals surface area contributed by atoms with Gasteiger partial charge in [0.2, 0.25) is 0 Å². The van der Waals surface area contributed by atoms with Crippen LogP contribution in [0.4, 0.5) is 0 Å². The third-order valence-corrected chi connectivity index (χ3v) is 10.0. The van der Waals surface area contributed by atoms with Gasteiger partial charge >= 0.3 is 0 Å². The number of hydrogen-bond donors (Lipinski definition) is 1. The van der Waals surface area contributed by atoms with Gasteiger partial charge in [-0.1, -0.05) is 51.1 Å². The maximum Gasteiger partial charge on any atom is 0.198 e. The molecular weight excluding hydrogens is 448 g/mol. The predicted octanol–water partition coefficient (Wildman–Crippen LogP) is 4.82. The van der Waals surface area contributed by atoms with Gasteiger partial charge in [0.1, 0.15) is 16.8 Å². The molecule has 7 nitrogen and oxygen atoms in total. The molecule has 1 aromatic carbocycles. The van der Waals surface area contributed by atoms with Crippen LogP contribution in [0.15, 0.2) is 30.3 Å². The number of aliphatic hydroxyl groups is 1. The molecule has 0 unspecified atom stereocenters. The Morgan fingerprint density at radius 3 is 2.20 bits per heavy atom. The molecule has 198 valence electrons.